The summed E-state index contributed by atoms with van der Waals surface area (Å²) in [5, 5.41) is 2.14. The van der Waals surface area contributed by atoms with Gasteiger partial charge in [0.15, 0.2) is 0 Å². The van der Waals surface area contributed by atoms with Gasteiger partial charge in [-0.05, 0) is 30.0 Å². The fourth-order valence-corrected chi connectivity index (χ4v) is 4.75. The van der Waals surface area contributed by atoms with Crippen LogP contribution in [0.1, 0.15) is 10.4 Å². The first kappa shape index (κ1) is 14.3. The summed E-state index contributed by atoms with van der Waals surface area (Å²) in [5.41, 5.74) is 6.62. The second-order valence-corrected chi connectivity index (χ2v) is 6.95. The number of aryl methyl sites for hydroxylation is 1. The molecule has 1 aromatic heterocycles. The number of nitrogens with two attached hydrogens (primary N) is 1. The molecule has 0 saturated heterocycles. The van der Waals surface area contributed by atoms with Gasteiger partial charge in [0.1, 0.15) is 4.90 Å². The van der Waals surface area contributed by atoms with E-state index in [2.05, 4.69) is 4.72 Å². The van der Waals surface area contributed by atoms with Crippen LogP contribution in [0.5, 0.6) is 0 Å². The largest absolute Gasteiger partial charge is 0.326 e. The Morgan fingerprint density at radius 1 is 1.37 bits per heavy atom. The molecule has 1 heterocycles. The molecule has 0 radical (unpaired) electrons. The van der Waals surface area contributed by atoms with Gasteiger partial charge in [0, 0.05) is 11.4 Å². The zero-order valence-electron chi connectivity index (χ0n) is 10.2. The highest BCUT2D eigenvalue weighted by molar-refractivity contribution is 7.93. The van der Waals surface area contributed by atoms with E-state index in [0.29, 0.717) is 21.2 Å². The normalized spacial score (nSPS) is 11.5. The zero-order chi connectivity index (χ0) is 14.0. The van der Waals surface area contributed by atoms with Crippen LogP contribution in [-0.4, -0.2) is 8.42 Å². The minimum absolute atomic E-state index is 0.192. The molecule has 2 rings (SSSR count). The summed E-state index contributed by atoms with van der Waals surface area (Å²) in [6.07, 6.45) is 0. The number of rotatable bonds is 4. The fraction of sp³-hybridized carbons (Fsp3) is 0.167. The molecule has 0 bridgehead atoms. The topological polar surface area (TPSA) is 72.2 Å². The average Bonchev–Trinajstić information content (AvgIpc) is 2.74. The van der Waals surface area contributed by atoms with E-state index in [9.17, 15) is 8.42 Å². The molecule has 7 heteroatoms. The first-order chi connectivity index (χ1) is 8.95. The van der Waals surface area contributed by atoms with Crippen LogP contribution in [0.2, 0.25) is 5.02 Å². The van der Waals surface area contributed by atoms with Crippen LogP contribution in [0, 0.1) is 6.92 Å². The number of anilines is 1. The number of sulfonamides is 1. The zero-order valence-corrected chi connectivity index (χ0v) is 12.6. The van der Waals surface area contributed by atoms with Crippen LogP contribution in [0.4, 0.5) is 5.69 Å². The summed E-state index contributed by atoms with van der Waals surface area (Å²) >= 11 is 7.30. The summed E-state index contributed by atoms with van der Waals surface area (Å²) in [6.45, 7) is 1.94. The van der Waals surface area contributed by atoms with Crippen molar-refractivity contribution in [3.8, 4) is 0 Å². The van der Waals surface area contributed by atoms with Crippen molar-refractivity contribution in [3.05, 3.63) is 45.1 Å². The number of halogens is 1. The smallest absolute Gasteiger partial charge is 0.263 e. The van der Waals surface area contributed by atoms with E-state index in [1.165, 1.54) is 11.3 Å². The number of hydrogen-bond donors (Lipinski definition) is 2. The molecule has 4 nitrogen and oxygen atoms in total. The third-order valence-corrected chi connectivity index (χ3v) is 5.74. The van der Waals surface area contributed by atoms with Crippen molar-refractivity contribution in [2.45, 2.75) is 18.4 Å². The molecule has 0 aliphatic heterocycles. The maximum Gasteiger partial charge on any atom is 0.263 e. The number of thiophene rings is 1. The minimum atomic E-state index is -3.67. The number of hydrogen-bond acceptors (Lipinski definition) is 4. The minimum Gasteiger partial charge on any atom is -0.326 e. The molecule has 0 saturated carbocycles. The lowest BCUT2D eigenvalue weighted by atomic mass is 10.3. The van der Waals surface area contributed by atoms with Gasteiger partial charge in [-0.15, -0.1) is 11.3 Å². The first-order valence-corrected chi connectivity index (χ1v) is 8.24. The standard InChI is InChI=1S/C12H13ClN2O2S2/c1-8-7-18-11(6-14)12(8)19(16,17)15-10-5-3-2-4-9(10)13/h2-5,7,15H,6,14H2,1H3. The molecule has 1 aromatic carbocycles. The molecule has 19 heavy (non-hydrogen) atoms. The van der Waals surface area contributed by atoms with E-state index in [1.54, 1.807) is 36.6 Å². The average molecular weight is 317 g/mol. The first-order valence-electron chi connectivity index (χ1n) is 5.50. The molecule has 0 spiro atoms. The van der Waals surface area contributed by atoms with Gasteiger partial charge in [0.2, 0.25) is 0 Å². The third kappa shape index (κ3) is 2.92. The molecule has 0 aliphatic carbocycles. The molecule has 2 aromatic rings. The molecule has 3 N–H and O–H groups in total. The van der Waals surface area contributed by atoms with Gasteiger partial charge in [-0.2, -0.15) is 0 Å². The molecular formula is C12H13ClN2O2S2. The number of para-hydroxylation sites is 1. The Morgan fingerprint density at radius 3 is 2.68 bits per heavy atom. The van der Waals surface area contributed by atoms with Crippen LogP contribution < -0.4 is 10.5 Å². The predicted octanol–water partition coefficient (Wildman–Crippen LogP) is 2.97. The van der Waals surface area contributed by atoms with Crippen molar-refractivity contribution < 1.29 is 8.42 Å². The second-order valence-electron chi connectivity index (χ2n) is 3.96. The van der Waals surface area contributed by atoms with Gasteiger partial charge in [0.05, 0.1) is 10.7 Å². The van der Waals surface area contributed by atoms with Crippen molar-refractivity contribution in [1.29, 1.82) is 0 Å². The van der Waals surface area contributed by atoms with E-state index in [1.807, 2.05) is 0 Å². The summed E-state index contributed by atoms with van der Waals surface area (Å²) in [5.74, 6) is 0. The van der Waals surface area contributed by atoms with Crippen molar-refractivity contribution >= 4 is 38.6 Å². The molecule has 0 fully saturated rings. The molecule has 102 valence electrons. The second kappa shape index (κ2) is 5.50. The summed E-state index contributed by atoms with van der Waals surface area (Å²) < 4.78 is 27.3. The van der Waals surface area contributed by atoms with Crippen molar-refractivity contribution in [3.63, 3.8) is 0 Å². The molecular weight excluding hydrogens is 304 g/mol. The Labute approximate surface area is 121 Å². The monoisotopic (exact) mass is 316 g/mol. The highest BCUT2D eigenvalue weighted by Crippen LogP contribution is 2.30. The summed E-state index contributed by atoms with van der Waals surface area (Å²) in [7, 11) is -3.67. The van der Waals surface area contributed by atoms with Crippen molar-refractivity contribution in [1.82, 2.24) is 0 Å². The van der Waals surface area contributed by atoms with Gasteiger partial charge in [-0.25, -0.2) is 8.42 Å². The van der Waals surface area contributed by atoms with E-state index in [0.717, 1.165) is 0 Å². The highest BCUT2D eigenvalue weighted by Gasteiger charge is 2.23. The van der Waals surface area contributed by atoms with Crippen molar-refractivity contribution in [2.24, 2.45) is 5.73 Å². The quantitative estimate of drug-likeness (QED) is 0.911. The van der Waals surface area contributed by atoms with Gasteiger partial charge in [-0.1, -0.05) is 23.7 Å². The van der Waals surface area contributed by atoms with Gasteiger partial charge >= 0.3 is 0 Å². The summed E-state index contributed by atoms with van der Waals surface area (Å²) in [6, 6.07) is 6.70. The Morgan fingerprint density at radius 2 is 2.05 bits per heavy atom. The van der Waals surface area contributed by atoms with Crippen LogP contribution >= 0.6 is 22.9 Å². The van der Waals surface area contributed by atoms with Gasteiger partial charge in [-0.3, -0.25) is 4.72 Å². The lowest BCUT2D eigenvalue weighted by Gasteiger charge is -2.10. The lowest BCUT2D eigenvalue weighted by molar-refractivity contribution is 0.600. The van der Waals surface area contributed by atoms with E-state index < -0.39 is 10.0 Å². The maximum absolute atomic E-state index is 12.4. The number of nitrogens with one attached hydrogen (secondary N) is 1. The lowest BCUT2D eigenvalue weighted by Crippen LogP contribution is -2.16. The van der Waals surface area contributed by atoms with E-state index >= 15 is 0 Å². The van der Waals surface area contributed by atoms with Crippen LogP contribution in [0.25, 0.3) is 0 Å². The predicted molar refractivity (Wildman–Crippen MR) is 79.2 cm³/mol. The van der Waals surface area contributed by atoms with Crippen LogP contribution in [0.3, 0.4) is 0 Å². The molecule has 0 atom stereocenters. The van der Waals surface area contributed by atoms with Gasteiger partial charge < -0.3 is 5.73 Å². The summed E-state index contributed by atoms with van der Waals surface area (Å²) in [4.78, 5) is 0.886. The van der Waals surface area contributed by atoms with Crippen LogP contribution in [0.15, 0.2) is 34.5 Å². The third-order valence-electron chi connectivity index (χ3n) is 2.56. The molecule has 0 unspecified atom stereocenters. The maximum atomic E-state index is 12.4. The fourth-order valence-electron chi connectivity index (χ4n) is 1.73. The molecule has 0 aliphatic rings. The Balaban J connectivity index is 2.44. The van der Waals surface area contributed by atoms with E-state index in [-0.39, 0.29) is 11.4 Å². The Bertz CT molecular complexity index is 696. The Kier molecular flexibility index (Phi) is 4.15. The van der Waals surface area contributed by atoms with Gasteiger partial charge in [0.25, 0.3) is 10.0 Å². The van der Waals surface area contributed by atoms with E-state index in [4.69, 9.17) is 17.3 Å². The molecule has 0 amide bonds. The highest BCUT2D eigenvalue weighted by atomic mass is 35.5. The SMILES string of the molecule is Cc1csc(CN)c1S(=O)(=O)Nc1ccccc1Cl. The van der Waals surface area contributed by atoms with Crippen LogP contribution in [-0.2, 0) is 16.6 Å². The Hall–Kier alpha value is -1.08. The van der Waals surface area contributed by atoms with Crippen molar-refractivity contribution in [2.75, 3.05) is 4.72 Å². The number of benzene rings is 1.